The van der Waals surface area contributed by atoms with Crippen LogP contribution < -0.4 is 26.3 Å². The molecule has 0 aromatic heterocycles. The van der Waals surface area contributed by atoms with Gasteiger partial charge in [-0.25, -0.2) is 0 Å². The molecule has 4 nitrogen and oxygen atoms in total. The Morgan fingerprint density at radius 3 is 1.35 bits per heavy atom. The molecule has 1 atom stereocenters. The lowest BCUT2D eigenvalue weighted by molar-refractivity contribution is -0.145. The second-order valence-corrected chi connectivity index (χ2v) is 20.4. The van der Waals surface area contributed by atoms with E-state index in [-0.39, 0.29) is 36.2 Å². The molecule has 0 radical (unpaired) electrons. The third-order valence-electron chi connectivity index (χ3n) is 8.72. The van der Waals surface area contributed by atoms with Gasteiger partial charge in [-0.3, -0.25) is 9.59 Å². The molecule has 0 saturated heterocycles. The molecule has 0 fully saturated rings. The number of carbonyl (C=O) groups is 2. The first-order valence-corrected chi connectivity index (χ1v) is 20.4. The largest absolute Gasteiger partial charge is 0.466 e. The molecule has 0 aliphatic heterocycles. The molecule has 0 unspecified atom stereocenters. The minimum Gasteiger partial charge on any atom is -0.466 e. The lowest BCUT2D eigenvalue weighted by Crippen LogP contribution is -2.68. The normalized spacial score (nSPS) is 12.6. The van der Waals surface area contributed by atoms with Gasteiger partial charge in [0.25, 0.3) is 8.32 Å². The Bertz CT molecular complexity index is 1680. The van der Waals surface area contributed by atoms with Crippen LogP contribution in [0.1, 0.15) is 40.5 Å². The number of carbonyl (C=O) groups excluding carboxylic acids is 2. The van der Waals surface area contributed by atoms with Crippen LogP contribution in [0.15, 0.2) is 152 Å². The van der Waals surface area contributed by atoms with Crippen LogP contribution in [0.2, 0.25) is 5.04 Å². The number of hydrogen-bond donors (Lipinski definition) is 0. The van der Waals surface area contributed by atoms with E-state index in [0.29, 0.717) is 0 Å². The maximum atomic E-state index is 14.7. The van der Waals surface area contributed by atoms with E-state index < -0.39 is 21.3 Å². The van der Waals surface area contributed by atoms with E-state index in [4.69, 9.17) is 9.16 Å². The second-order valence-electron chi connectivity index (χ2n) is 12.9. The predicted molar refractivity (Wildman–Crippen MR) is 205 cm³/mol. The fourth-order valence-electron chi connectivity index (χ4n) is 6.66. The summed E-state index contributed by atoms with van der Waals surface area (Å²) in [6.07, 6.45) is -0.688. The zero-order valence-corrected chi connectivity index (χ0v) is 30.2. The zero-order chi connectivity index (χ0) is 34.0. The molecule has 48 heavy (non-hydrogen) atoms. The molecule has 0 N–H and O–H groups in total. The molecule has 0 spiro atoms. The van der Waals surface area contributed by atoms with E-state index in [2.05, 4.69) is 81.4 Å². The van der Waals surface area contributed by atoms with E-state index in [1.54, 1.807) is 6.92 Å². The number of benzene rings is 5. The van der Waals surface area contributed by atoms with Gasteiger partial charge >= 0.3 is 5.97 Å². The number of hydrogen-bond acceptors (Lipinski definition) is 4. The second kappa shape index (κ2) is 15.7. The van der Waals surface area contributed by atoms with Gasteiger partial charge < -0.3 is 9.16 Å². The van der Waals surface area contributed by atoms with Crippen molar-refractivity contribution in [1.82, 2.24) is 0 Å². The first-order valence-electron chi connectivity index (χ1n) is 16.6. The number of esters is 1. The fourth-order valence-corrected chi connectivity index (χ4v) is 15.1. The number of ether oxygens (including phenoxy) is 1. The number of ketones is 1. The van der Waals surface area contributed by atoms with Gasteiger partial charge in [-0.15, -0.1) is 0 Å². The Morgan fingerprint density at radius 1 is 0.625 bits per heavy atom. The maximum Gasteiger partial charge on any atom is 0.308 e. The lowest BCUT2D eigenvalue weighted by Gasteiger charge is -2.45. The highest BCUT2D eigenvalue weighted by molar-refractivity contribution is 7.95. The third-order valence-corrected chi connectivity index (χ3v) is 17.8. The average molecular weight is 673 g/mol. The van der Waals surface area contributed by atoms with E-state index in [0.717, 1.165) is 26.3 Å². The van der Waals surface area contributed by atoms with Gasteiger partial charge in [-0.1, -0.05) is 172 Å². The number of Topliss-reactive ketones (excluding diaryl/α,β-unsaturated/α-hetero) is 1. The smallest absolute Gasteiger partial charge is 0.308 e. The van der Waals surface area contributed by atoms with Crippen LogP contribution in [-0.4, -0.2) is 38.6 Å². The van der Waals surface area contributed by atoms with Crippen LogP contribution in [0.25, 0.3) is 0 Å². The van der Waals surface area contributed by atoms with Gasteiger partial charge in [0.15, 0.2) is 5.78 Å². The van der Waals surface area contributed by atoms with Crippen LogP contribution in [-0.2, 0) is 18.8 Å². The van der Waals surface area contributed by atoms with E-state index in [1.807, 2.05) is 96.8 Å². The highest BCUT2D eigenvalue weighted by atomic mass is 31.2. The van der Waals surface area contributed by atoms with Crippen molar-refractivity contribution in [3.8, 4) is 0 Å². The summed E-state index contributed by atoms with van der Waals surface area (Å²) in [4.78, 5) is 27.9. The molecule has 5 aromatic carbocycles. The Hall–Kier alpha value is -4.28. The van der Waals surface area contributed by atoms with Gasteiger partial charge in [0.2, 0.25) is 0 Å². The van der Waals surface area contributed by atoms with Gasteiger partial charge in [0.05, 0.1) is 19.1 Å². The molecule has 0 amide bonds. The fraction of sp³-hybridized carbons (Fsp3) is 0.214. The van der Waals surface area contributed by atoms with Crippen molar-refractivity contribution in [3.05, 3.63) is 152 Å². The quantitative estimate of drug-likeness (QED) is 0.0800. The molecule has 5 rings (SSSR count). The van der Waals surface area contributed by atoms with E-state index in [1.165, 1.54) is 0 Å². The van der Waals surface area contributed by atoms with E-state index >= 15 is 0 Å². The minimum atomic E-state index is -3.08. The summed E-state index contributed by atoms with van der Waals surface area (Å²) in [6.45, 7) is 6.11. The first kappa shape index (κ1) is 35.0. The van der Waals surface area contributed by atoms with Crippen molar-refractivity contribution in [1.29, 1.82) is 0 Å². The average Bonchev–Trinajstić information content (AvgIpc) is 3.11. The van der Waals surface area contributed by atoms with Crippen molar-refractivity contribution >= 4 is 59.0 Å². The van der Waals surface area contributed by atoms with E-state index in [9.17, 15) is 9.59 Å². The molecular weight excluding hydrogens is 628 g/mol. The van der Waals surface area contributed by atoms with Crippen LogP contribution in [0.5, 0.6) is 0 Å². The highest BCUT2D eigenvalue weighted by Crippen LogP contribution is 2.44. The van der Waals surface area contributed by atoms with Crippen molar-refractivity contribution in [2.45, 2.75) is 51.7 Å². The summed E-state index contributed by atoms with van der Waals surface area (Å²) < 4.78 is 12.9. The lowest BCUT2D eigenvalue weighted by atomic mass is 10.1. The Labute approximate surface area is 286 Å². The predicted octanol–water partition coefficient (Wildman–Crippen LogP) is 6.64. The monoisotopic (exact) mass is 672 g/mol. The van der Waals surface area contributed by atoms with Crippen molar-refractivity contribution in [2.75, 3.05) is 6.61 Å². The Balaban J connectivity index is 1.69. The standard InChI is InChI=1S/C42H45O4PSi/c1-5-45-41(44)32-35(46-48(42(2,3)4,39-27-17-9-18-28-39)40-29-19-10-20-30-40)31-34(43)33-47(36-21-11-6-12-22-36,37-23-13-7-14-24-37)38-25-15-8-16-26-38/h6-30,33,35H,5,31-32H2,1-4H3/t35-/m1/s1. The SMILES string of the molecule is CCOC(=O)C[C@@H](CC(=O)C=P(c1ccccc1)(c1ccccc1)c1ccccc1)O[Si](c1ccccc1)(c1ccccc1)C(C)(C)C. The summed E-state index contributed by atoms with van der Waals surface area (Å²) in [5, 5.41) is 5.12. The van der Waals surface area contributed by atoms with Gasteiger partial charge in [-0.2, -0.15) is 0 Å². The van der Waals surface area contributed by atoms with Crippen LogP contribution in [0.4, 0.5) is 0 Å². The highest BCUT2D eigenvalue weighted by Gasteiger charge is 2.51. The molecular formula is C42H45O4PSi. The zero-order valence-electron chi connectivity index (χ0n) is 28.3. The van der Waals surface area contributed by atoms with Crippen molar-refractivity contribution < 1.29 is 18.8 Å². The third kappa shape index (κ3) is 7.55. The van der Waals surface area contributed by atoms with Crippen molar-refractivity contribution in [3.63, 3.8) is 0 Å². The van der Waals surface area contributed by atoms with Gasteiger partial charge in [-0.05, 0) is 50.9 Å². The molecule has 0 heterocycles. The summed E-state index contributed by atoms with van der Waals surface area (Å²) in [5.74, 6) is 1.51. The van der Waals surface area contributed by atoms with Crippen LogP contribution >= 0.6 is 6.89 Å². The summed E-state index contributed by atoms with van der Waals surface area (Å²) >= 11 is 0. The summed E-state index contributed by atoms with van der Waals surface area (Å²) in [6, 6.07) is 51.5. The minimum absolute atomic E-state index is 0.0224. The summed E-state index contributed by atoms with van der Waals surface area (Å²) in [5.41, 5.74) is 0. The van der Waals surface area contributed by atoms with Crippen molar-refractivity contribution in [2.24, 2.45) is 0 Å². The summed E-state index contributed by atoms with van der Waals surface area (Å²) in [7, 11) is -3.08. The molecule has 0 saturated carbocycles. The molecule has 6 heteroatoms. The topological polar surface area (TPSA) is 52.6 Å². The maximum absolute atomic E-state index is 14.7. The molecule has 5 aromatic rings. The van der Waals surface area contributed by atoms with Crippen LogP contribution in [0, 0.1) is 0 Å². The Kier molecular flexibility index (Phi) is 11.5. The van der Waals surface area contributed by atoms with Gasteiger partial charge in [0.1, 0.15) is 0 Å². The Morgan fingerprint density at radius 2 is 1.00 bits per heavy atom. The molecule has 246 valence electrons. The molecule has 0 aliphatic carbocycles. The van der Waals surface area contributed by atoms with Gasteiger partial charge in [0, 0.05) is 6.42 Å². The number of rotatable bonds is 13. The molecule has 0 aliphatic rings. The van der Waals surface area contributed by atoms with Crippen LogP contribution in [0.3, 0.4) is 0 Å². The molecule has 0 bridgehead atoms. The first-order chi connectivity index (χ1) is 23.2.